The van der Waals surface area contributed by atoms with Gasteiger partial charge in [0.25, 0.3) is 0 Å². The molecule has 2 heterocycles. The van der Waals surface area contributed by atoms with Crippen LogP contribution in [0.5, 0.6) is 0 Å². The van der Waals surface area contributed by atoms with Crippen molar-refractivity contribution in [3.05, 3.63) is 24.5 Å². The molecule has 3 nitrogen and oxygen atoms in total. The Morgan fingerprint density at radius 3 is 3.06 bits per heavy atom. The minimum absolute atomic E-state index is 0.693. The smallest absolute Gasteiger partial charge is 0.0550 e. The quantitative estimate of drug-likeness (QED) is 0.775. The van der Waals surface area contributed by atoms with E-state index in [1.54, 1.807) is 0 Å². The van der Waals surface area contributed by atoms with Crippen molar-refractivity contribution < 1.29 is 0 Å². The Morgan fingerprint density at radius 1 is 1.50 bits per heavy atom. The summed E-state index contributed by atoms with van der Waals surface area (Å²) in [6, 6.07) is 4.81. The molecule has 0 radical (unpaired) electrons. The van der Waals surface area contributed by atoms with Gasteiger partial charge in [-0.25, -0.2) is 0 Å². The average molecular weight is 219 g/mol. The van der Waals surface area contributed by atoms with Crippen molar-refractivity contribution in [3.63, 3.8) is 0 Å². The van der Waals surface area contributed by atoms with Crippen LogP contribution in [0.4, 0.5) is 5.69 Å². The number of likely N-dealkylation sites (N-methyl/N-ethyl adjacent to an activating group) is 2. The molecule has 0 spiro atoms. The van der Waals surface area contributed by atoms with Crippen LogP contribution in [0.2, 0.25) is 0 Å². The molecule has 2 rings (SSSR count). The Labute approximate surface area is 98.1 Å². The van der Waals surface area contributed by atoms with E-state index in [9.17, 15) is 0 Å². The van der Waals surface area contributed by atoms with Gasteiger partial charge in [0.2, 0.25) is 0 Å². The fourth-order valence-corrected chi connectivity index (χ4v) is 2.38. The van der Waals surface area contributed by atoms with Gasteiger partial charge in [0, 0.05) is 25.8 Å². The predicted molar refractivity (Wildman–Crippen MR) is 67.8 cm³/mol. The molecule has 1 atom stereocenters. The molecule has 0 saturated carbocycles. The van der Waals surface area contributed by atoms with Crippen LogP contribution in [-0.2, 0) is 0 Å². The van der Waals surface area contributed by atoms with Gasteiger partial charge in [-0.2, -0.15) is 0 Å². The highest BCUT2D eigenvalue weighted by atomic mass is 15.2. The van der Waals surface area contributed by atoms with Gasteiger partial charge in [0.1, 0.15) is 0 Å². The molecule has 1 aliphatic heterocycles. The van der Waals surface area contributed by atoms with Crippen LogP contribution in [-0.4, -0.2) is 43.1 Å². The third-order valence-corrected chi connectivity index (χ3v) is 3.49. The van der Waals surface area contributed by atoms with E-state index in [2.05, 4.69) is 34.9 Å². The van der Waals surface area contributed by atoms with Crippen LogP contribution in [0.3, 0.4) is 0 Å². The highest BCUT2D eigenvalue weighted by Gasteiger charge is 2.20. The van der Waals surface area contributed by atoms with Gasteiger partial charge < -0.3 is 9.80 Å². The first kappa shape index (κ1) is 11.4. The Bertz CT molecular complexity index is 312. The van der Waals surface area contributed by atoms with E-state index in [1.807, 2.05) is 18.5 Å². The molecule has 16 heavy (non-hydrogen) atoms. The van der Waals surface area contributed by atoms with Gasteiger partial charge in [-0.1, -0.05) is 6.42 Å². The first-order valence-corrected chi connectivity index (χ1v) is 6.09. The molecule has 1 saturated heterocycles. The lowest BCUT2D eigenvalue weighted by Crippen LogP contribution is -2.43. The average Bonchev–Trinajstić information content (AvgIpc) is 2.33. The van der Waals surface area contributed by atoms with Crippen LogP contribution in [0.15, 0.2) is 24.5 Å². The van der Waals surface area contributed by atoms with E-state index in [0.29, 0.717) is 6.04 Å². The van der Waals surface area contributed by atoms with Crippen LogP contribution >= 0.6 is 0 Å². The molecule has 1 aromatic heterocycles. The second-order valence-corrected chi connectivity index (χ2v) is 4.72. The maximum absolute atomic E-state index is 4.16. The van der Waals surface area contributed by atoms with E-state index in [4.69, 9.17) is 0 Å². The van der Waals surface area contributed by atoms with Crippen LogP contribution in [0, 0.1) is 0 Å². The summed E-state index contributed by atoms with van der Waals surface area (Å²) in [7, 11) is 4.39. The summed E-state index contributed by atoms with van der Waals surface area (Å²) >= 11 is 0. The highest BCUT2D eigenvalue weighted by molar-refractivity contribution is 5.42. The second kappa shape index (κ2) is 5.30. The van der Waals surface area contributed by atoms with Gasteiger partial charge >= 0.3 is 0 Å². The van der Waals surface area contributed by atoms with Gasteiger partial charge in [0.15, 0.2) is 0 Å². The molecule has 0 unspecified atom stereocenters. The first-order chi connectivity index (χ1) is 7.77. The number of likely N-dealkylation sites (tertiary alicyclic amines) is 1. The van der Waals surface area contributed by atoms with Gasteiger partial charge in [-0.15, -0.1) is 0 Å². The molecule has 88 valence electrons. The first-order valence-electron chi connectivity index (χ1n) is 6.09. The summed E-state index contributed by atoms with van der Waals surface area (Å²) in [5, 5.41) is 0. The molecule has 1 fully saturated rings. The summed E-state index contributed by atoms with van der Waals surface area (Å²) < 4.78 is 0. The SMILES string of the molecule is CN(C[C@@H]1CCCCN1C)c1cccnc1. The number of anilines is 1. The van der Waals surface area contributed by atoms with Crippen LogP contribution in [0.25, 0.3) is 0 Å². The molecule has 3 heteroatoms. The number of pyridine rings is 1. The molecule has 1 aromatic rings. The number of rotatable bonds is 3. The van der Waals surface area contributed by atoms with Gasteiger partial charge in [-0.05, 0) is 38.6 Å². The monoisotopic (exact) mass is 219 g/mol. The molecule has 1 aliphatic rings. The fraction of sp³-hybridized carbons (Fsp3) is 0.615. The van der Waals surface area contributed by atoms with E-state index in [-0.39, 0.29) is 0 Å². The van der Waals surface area contributed by atoms with Crippen molar-refractivity contribution in [2.24, 2.45) is 0 Å². The summed E-state index contributed by atoms with van der Waals surface area (Å²) in [4.78, 5) is 8.95. The number of aromatic nitrogens is 1. The summed E-state index contributed by atoms with van der Waals surface area (Å²) in [5.41, 5.74) is 1.21. The van der Waals surface area contributed by atoms with Crippen molar-refractivity contribution in [2.75, 3.05) is 32.1 Å². The lowest BCUT2D eigenvalue weighted by molar-refractivity contribution is 0.189. The molecule has 0 aliphatic carbocycles. The summed E-state index contributed by atoms with van der Waals surface area (Å²) in [6.07, 6.45) is 7.80. The lowest BCUT2D eigenvalue weighted by Gasteiger charge is -2.35. The van der Waals surface area contributed by atoms with E-state index in [0.717, 1.165) is 6.54 Å². The van der Waals surface area contributed by atoms with E-state index >= 15 is 0 Å². The maximum atomic E-state index is 4.16. The van der Waals surface area contributed by atoms with Crippen molar-refractivity contribution in [2.45, 2.75) is 25.3 Å². The molecular weight excluding hydrogens is 198 g/mol. The Morgan fingerprint density at radius 2 is 2.38 bits per heavy atom. The number of nitrogens with zero attached hydrogens (tertiary/aromatic N) is 3. The lowest BCUT2D eigenvalue weighted by atomic mass is 10.0. The zero-order valence-electron chi connectivity index (χ0n) is 10.3. The summed E-state index contributed by atoms with van der Waals surface area (Å²) in [5.74, 6) is 0. The van der Waals surface area contributed by atoms with Crippen molar-refractivity contribution >= 4 is 5.69 Å². The minimum Gasteiger partial charge on any atom is -0.372 e. The van der Waals surface area contributed by atoms with Crippen LogP contribution in [0.1, 0.15) is 19.3 Å². The molecular formula is C13H21N3. The zero-order chi connectivity index (χ0) is 11.4. The van der Waals surface area contributed by atoms with Gasteiger partial charge in [-0.3, -0.25) is 4.98 Å². The fourth-order valence-electron chi connectivity index (χ4n) is 2.38. The number of piperidine rings is 1. The van der Waals surface area contributed by atoms with Crippen LogP contribution < -0.4 is 4.90 Å². The maximum Gasteiger partial charge on any atom is 0.0550 e. The highest BCUT2D eigenvalue weighted by Crippen LogP contribution is 2.18. The molecule has 0 aromatic carbocycles. The Balaban J connectivity index is 1.94. The molecule has 0 amide bonds. The van der Waals surface area contributed by atoms with E-state index < -0.39 is 0 Å². The van der Waals surface area contributed by atoms with Crippen molar-refractivity contribution in [1.82, 2.24) is 9.88 Å². The molecule has 0 bridgehead atoms. The third kappa shape index (κ3) is 2.73. The third-order valence-electron chi connectivity index (χ3n) is 3.49. The zero-order valence-corrected chi connectivity index (χ0v) is 10.3. The van der Waals surface area contributed by atoms with E-state index in [1.165, 1.54) is 31.5 Å². The largest absolute Gasteiger partial charge is 0.372 e. The van der Waals surface area contributed by atoms with Crippen molar-refractivity contribution in [3.8, 4) is 0 Å². The number of hydrogen-bond acceptors (Lipinski definition) is 3. The Hall–Kier alpha value is -1.09. The Kier molecular flexibility index (Phi) is 3.78. The van der Waals surface area contributed by atoms with Crippen molar-refractivity contribution in [1.29, 1.82) is 0 Å². The van der Waals surface area contributed by atoms with Gasteiger partial charge in [0.05, 0.1) is 11.9 Å². The predicted octanol–water partition coefficient (Wildman–Crippen LogP) is 2.00. The second-order valence-electron chi connectivity index (χ2n) is 4.72. The topological polar surface area (TPSA) is 19.4 Å². The molecule has 0 N–H and O–H groups in total. The normalized spacial score (nSPS) is 22.0. The number of hydrogen-bond donors (Lipinski definition) is 0. The minimum atomic E-state index is 0.693. The standard InChI is InChI=1S/C13H21N3/c1-15-9-4-3-6-13(15)11-16(2)12-7-5-8-14-10-12/h5,7-8,10,13H,3-4,6,9,11H2,1-2H3/t13-/m0/s1. The summed E-state index contributed by atoms with van der Waals surface area (Å²) in [6.45, 7) is 2.34.